The average Bonchev–Trinajstić information content (AvgIpc) is 2.68. The molecule has 1 saturated heterocycles. The molecule has 0 aliphatic carbocycles. The van der Waals surface area contributed by atoms with Crippen LogP contribution in [0.1, 0.15) is 16.0 Å². The van der Waals surface area contributed by atoms with E-state index in [4.69, 9.17) is 5.11 Å². The summed E-state index contributed by atoms with van der Waals surface area (Å²) in [5.41, 5.74) is 1.05. The van der Waals surface area contributed by atoms with E-state index in [1.807, 2.05) is 23.5 Å². The summed E-state index contributed by atoms with van der Waals surface area (Å²) in [7, 11) is 0. The van der Waals surface area contributed by atoms with Gasteiger partial charge in [-0.3, -0.25) is 0 Å². The SMILES string of the molecule is OCCc1csc(C2CSCCS2)n1. The number of thioether (sulfide) groups is 2. The third-order valence-corrected chi connectivity index (χ3v) is 5.95. The first-order chi connectivity index (χ1) is 6.90. The van der Waals surface area contributed by atoms with Crippen LogP contribution < -0.4 is 0 Å². The van der Waals surface area contributed by atoms with Gasteiger partial charge in [-0.2, -0.15) is 11.8 Å². The lowest BCUT2D eigenvalue weighted by Gasteiger charge is -2.18. The van der Waals surface area contributed by atoms with Crippen molar-refractivity contribution >= 4 is 34.9 Å². The van der Waals surface area contributed by atoms with E-state index in [0.29, 0.717) is 11.7 Å². The van der Waals surface area contributed by atoms with Crippen LogP contribution in [0.25, 0.3) is 0 Å². The van der Waals surface area contributed by atoms with Crippen LogP contribution in [0.4, 0.5) is 0 Å². The molecule has 0 saturated carbocycles. The fourth-order valence-corrected chi connectivity index (χ4v) is 5.19. The minimum Gasteiger partial charge on any atom is -0.396 e. The van der Waals surface area contributed by atoms with Crippen molar-refractivity contribution in [1.29, 1.82) is 0 Å². The van der Waals surface area contributed by atoms with Gasteiger partial charge in [0.25, 0.3) is 0 Å². The zero-order chi connectivity index (χ0) is 9.80. The van der Waals surface area contributed by atoms with Crippen molar-refractivity contribution in [3.05, 3.63) is 16.1 Å². The summed E-state index contributed by atoms with van der Waals surface area (Å²) in [5.74, 6) is 3.71. The highest BCUT2D eigenvalue weighted by Crippen LogP contribution is 2.37. The van der Waals surface area contributed by atoms with Crippen molar-refractivity contribution in [2.24, 2.45) is 0 Å². The minimum absolute atomic E-state index is 0.204. The van der Waals surface area contributed by atoms with Crippen LogP contribution in [0.15, 0.2) is 5.38 Å². The zero-order valence-electron chi connectivity index (χ0n) is 7.81. The minimum atomic E-state index is 0.204. The molecule has 2 rings (SSSR count). The van der Waals surface area contributed by atoms with E-state index in [1.54, 1.807) is 11.3 Å². The van der Waals surface area contributed by atoms with E-state index in [-0.39, 0.29) is 6.61 Å². The highest BCUT2D eigenvalue weighted by Gasteiger charge is 2.19. The molecule has 2 heterocycles. The molecular formula is C9H13NOS3. The second-order valence-electron chi connectivity index (χ2n) is 3.09. The number of thiazole rings is 1. The van der Waals surface area contributed by atoms with E-state index in [1.165, 1.54) is 22.3 Å². The van der Waals surface area contributed by atoms with Gasteiger partial charge < -0.3 is 5.11 Å². The fraction of sp³-hybridized carbons (Fsp3) is 0.667. The molecule has 1 N–H and O–H groups in total. The van der Waals surface area contributed by atoms with Crippen LogP contribution in [0.5, 0.6) is 0 Å². The van der Waals surface area contributed by atoms with E-state index in [0.717, 1.165) is 5.69 Å². The molecule has 0 radical (unpaired) electrons. The van der Waals surface area contributed by atoms with Crippen molar-refractivity contribution in [1.82, 2.24) is 4.98 Å². The smallest absolute Gasteiger partial charge is 0.107 e. The Morgan fingerprint density at radius 2 is 2.43 bits per heavy atom. The van der Waals surface area contributed by atoms with Gasteiger partial charge in [-0.15, -0.1) is 23.1 Å². The van der Waals surface area contributed by atoms with Crippen molar-refractivity contribution in [3.63, 3.8) is 0 Å². The monoisotopic (exact) mass is 247 g/mol. The number of nitrogens with zero attached hydrogens (tertiary/aromatic N) is 1. The fourth-order valence-electron chi connectivity index (χ4n) is 1.33. The third-order valence-electron chi connectivity index (χ3n) is 2.03. The van der Waals surface area contributed by atoms with Gasteiger partial charge in [0.1, 0.15) is 5.01 Å². The number of aliphatic hydroxyl groups is 1. The maximum atomic E-state index is 8.79. The summed E-state index contributed by atoms with van der Waals surface area (Å²) >= 11 is 5.77. The lowest BCUT2D eigenvalue weighted by molar-refractivity contribution is 0.298. The summed E-state index contributed by atoms with van der Waals surface area (Å²) < 4.78 is 0. The zero-order valence-corrected chi connectivity index (χ0v) is 10.3. The molecule has 5 heteroatoms. The Balaban J connectivity index is 2.00. The van der Waals surface area contributed by atoms with Gasteiger partial charge in [-0.25, -0.2) is 4.98 Å². The molecule has 0 bridgehead atoms. The van der Waals surface area contributed by atoms with E-state index in [9.17, 15) is 0 Å². The van der Waals surface area contributed by atoms with Gasteiger partial charge in [0.05, 0.1) is 10.9 Å². The number of rotatable bonds is 3. The average molecular weight is 247 g/mol. The molecule has 1 aliphatic heterocycles. The van der Waals surface area contributed by atoms with Crippen molar-refractivity contribution < 1.29 is 5.11 Å². The molecule has 1 aromatic heterocycles. The lowest BCUT2D eigenvalue weighted by Crippen LogP contribution is -2.06. The maximum Gasteiger partial charge on any atom is 0.107 e. The Hall–Kier alpha value is 0.290. The van der Waals surface area contributed by atoms with Gasteiger partial charge in [0.2, 0.25) is 0 Å². The predicted molar refractivity (Wildman–Crippen MR) is 65.4 cm³/mol. The Kier molecular flexibility index (Phi) is 4.16. The lowest BCUT2D eigenvalue weighted by atomic mass is 10.3. The van der Waals surface area contributed by atoms with Crippen LogP contribution in [-0.2, 0) is 6.42 Å². The molecule has 0 spiro atoms. The molecule has 2 nitrogen and oxygen atoms in total. The first-order valence-corrected chi connectivity index (χ1v) is 7.73. The Morgan fingerprint density at radius 3 is 3.14 bits per heavy atom. The Morgan fingerprint density at radius 1 is 1.50 bits per heavy atom. The predicted octanol–water partition coefficient (Wildman–Crippen LogP) is 2.20. The first kappa shape index (κ1) is 10.8. The molecule has 1 aliphatic rings. The highest BCUT2D eigenvalue weighted by atomic mass is 32.2. The summed E-state index contributed by atoms with van der Waals surface area (Å²) in [6.07, 6.45) is 0.695. The standard InChI is InChI=1S/C9H13NOS3/c11-2-1-7-5-14-9(10-7)8-6-12-3-4-13-8/h5,8,11H,1-4,6H2. The number of hydrogen-bond donors (Lipinski definition) is 1. The van der Waals surface area contributed by atoms with Crippen LogP contribution in [-0.4, -0.2) is 34.0 Å². The molecule has 1 aromatic rings. The van der Waals surface area contributed by atoms with E-state index in [2.05, 4.69) is 10.4 Å². The van der Waals surface area contributed by atoms with Crippen molar-refractivity contribution in [3.8, 4) is 0 Å². The van der Waals surface area contributed by atoms with E-state index >= 15 is 0 Å². The van der Waals surface area contributed by atoms with E-state index < -0.39 is 0 Å². The molecular weight excluding hydrogens is 234 g/mol. The van der Waals surface area contributed by atoms with Crippen LogP contribution in [0, 0.1) is 0 Å². The molecule has 1 unspecified atom stereocenters. The highest BCUT2D eigenvalue weighted by molar-refractivity contribution is 8.06. The molecule has 0 amide bonds. The van der Waals surface area contributed by atoms with Gasteiger partial charge >= 0.3 is 0 Å². The largest absolute Gasteiger partial charge is 0.396 e. The Bertz CT molecular complexity index is 283. The maximum absolute atomic E-state index is 8.79. The number of aliphatic hydroxyl groups excluding tert-OH is 1. The summed E-state index contributed by atoms with van der Waals surface area (Å²) in [6.45, 7) is 0.204. The van der Waals surface area contributed by atoms with Crippen LogP contribution in [0.3, 0.4) is 0 Å². The van der Waals surface area contributed by atoms with Crippen LogP contribution in [0.2, 0.25) is 0 Å². The van der Waals surface area contributed by atoms with Gasteiger partial charge in [0, 0.05) is 35.7 Å². The summed E-state index contributed by atoms with van der Waals surface area (Å²) in [5, 5.41) is 12.7. The molecule has 0 aromatic carbocycles. The summed E-state index contributed by atoms with van der Waals surface area (Å²) in [4.78, 5) is 4.55. The quantitative estimate of drug-likeness (QED) is 0.888. The van der Waals surface area contributed by atoms with Crippen molar-refractivity contribution in [2.45, 2.75) is 11.7 Å². The normalized spacial score (nSPS) is 22.5. The van der Waals surface area contributed by atoms with Crippen molar-refractivity contribution in [2.75, 3.05) is 23.9 Å². The number of aromatic nitrogens is 1. The summed E-state index contributed by atoms with van der Waals surface area (Å²) in [6, 6.07) is 0. The molecule has 14 heavy (non-hydrogen) atoms. The van der Waals surface area contributed by atoms with Crippen LogP contribution >= 0.6 is 34.9 Å². The third kappa shape index (κ3) is 2.66. The topological polar surface area (TPSA) is 33.1 Å². The Labute approximate surface area is 96.5 Å². The van der Waals surface area contributed by atoms with Gasteiger partial charge in [-0.05, 0) is 0 Å². The molecule has 1 atom stereocenters. The number of hydrogen-bond acceptors (Lipinski definition) is 5. The molecule has 78 valence electrons. The van der Waals surface area contributed by atoms with Gasteiger partial charge in [-0.1, -0.05) is 0 Å². The second kappa shape index (κ2) is 5.39. The second-order valence-corrected chi connectivity index (χ2v) is 6.44. The van der Waals surface area contributed by atoms with Gasteiger partial charge in [0.15, 0.2) is 0 Å². The molecule has 1 fully saturated rings. The first-order valence-electron chi connectivity index (χ1n) is 4.64.